The topological polar surface area (TPSA) is 744 Å². The van der Waals surface area contributed by atoms with Gasteiger partial charge in [-0.3, -0.25) is 9.80 Å². The molecule has 0 saturated carbocycles. The van der Waals surface area contributed by atoms with Gasteiger partial charge in [-0.15, -0.1) is 0 Å². The van der Waals surface area contributed by atoms with Gasteiger partial charge in [0.1, 0.15) is 0 Å². The molecule has 0 saturated heterocycles. The van der Waals surface area contributed by atoms with E-state index in [0.29, 0.717) is 105 Å². The molecule has 0 aromatic rings. The van der Waals surface area contributed by atoms with Crippen LogP contribution in [0.25, 0.3) is 0 Å². The Bertz CT molecular complexity index is 914. The second kappa shape index (κ2) is 315. The van der Waals surface area contributed by atoms with Gasteiger partial charge in [-0.2, -0.15) is 0 Å². The summed E-state index contributed by atoms with van der Waals surface area (Å²) in [5, 5.41) is 77.2. The molecular formula is C34H112N18Na32O16. The first-order valence-corrected chi connectivity index (χ1v) is 19.6. The number of carboxylic acids is 8. The molecule has 0 aliphatic carbocycles. The predicted molar refractivity (Wildman–Crippen MR) is 412 cm³/mol. The van der Waals surface area contributed by atoms with Crippen molar-refractivity contribution in [3.8, 4) is 0 Å². The SMILES string of the molecule is CC(=O)[O-].CC(=O)[O-].CC(=O)[O-].CC(=O)[O-].NCCN.NCCN.NCCN.NCCN.NCCN.NCCN.NCCN.NCCN.O=C([O-])CN(CCN(CC(=O)[O-])CC(=O)[O-])CC(=O)[O-].[Na+].[Na+].[Na+].[Na+].[Na+].[Na+].[Na+].[Na+].[NaH].[NaH].[NaH].[NaH].[NaH].[NaH].[NaH].[NaH].[NaH].[NaH].[NaH].[NaH].[NaH].[NaH].[NaH].[NaH].[NaH].[NaH].[NaH].[NaH].[NaH].[NaH].[NaH].[NaH]. The molecule has 0 aliphatic heterocycles. The van der Waals surface area contributed by atoms with Crippen LogP contribution in [-0.4, -0.2) is 911 Å². The van der Waals surface area contributed by atoms with Crippen molar-refractivity contribution >= 4 is 757 Å². The maximum absolute atomic E-state index is 10.4. The van der Waals surface area contributed by atoms with Crippen LogP contribution in [0, 0.1) is 0 Å². The molecule has 0 radical (unpaired) electrons. The Kier molecular flexibility index (Phi) is 946. The molecule has 0 spiro atoms. The van der Waals surface area contributed by atoms with E-state index in [1.165, 1.54) is 0 Å². The standard InChI is InChI=1S/C10H16N2O8.8C2H8N2.4C2H4O2.32Na.24H/c13-7(14)3-11(4-8(15)16)1-2-12(5-9(17)18)6-10(19)20;8*3-1-2-4;4*1-2(3)4;;;;;;;;;;;;;;;;;;;;;;;;;;;;;;;;;;;;;;;;;;;;;;;;;;;;;;;;/h1-6H2,(H,13,14)(H,15,16)(H,17,18)(H,19,20);8*1-4H2;4*1H3,(H,3,4);;;;;;;;;;;;;;;;;;;;;;;;;;;;;;;;;;;;;;;;;;;;;;;;;;;;;;;;/q;;;;;;;;;;;;;;;;;;;;;;;;;;;;;;;;;;;;;8*+1;;;;;;;;;;;;;;;;;;;;;;;;/p-8. The van der Waals surface area contributed by atoms with Gasteiger partial charge in [-0.1, -0.05) is 0 Å². The molecule has 0 aromatic carbocycles. The van der Waals surface area contributed by atoms with Crippen LogP contribution < -0.4 is 369 Å². The fourth-order valence-electron chi connectivity index (χ4n) is 1.44. The third kappa shape index (κ3) is 613. The molecule has 466 valence electrons. The van der Waals surface area contributed by atoms with E-state index in [0.717, 1.165) is 37.5 Å². The summed E-state index contributed by atoms with van der Waals surface area (Å²) in [6.07, 6.45) is 0. The molecule has 0 aliphatic rings. The molecule has 34 nitrogen and oxygen atoms in total. The average Bonchev–Trinajstić information content (AvgIpc) is 3.24. The average molecular weight is 1770 g/mol. The molecule has 32 N–H and O–H groups in total. The number of carboxylic acid groups (broad SMARTS) is 8. The van der Waals surface area contributed by atoms with Crippen molar-refractivity contribution in [3.63, 3.8) is 0 Å². The quantitative estimate of drug-likeness (QED) is 0.0534. The van der Waals surface area contributed by atoms with Crippen molar-refractivity contribution in [2.24, 2.45) is 91.7 Å². The summed E-state index contributed by atoms with van der Waals surface area (Å²) in [5.41, 5.74) is 78.4. The predicted octanol–water partition coefficient (Wildman–Crippen LogP) is -60.7. The van der Waals surface area contributed by atoms with Crippen molar-refractivity contribution in [2.75, 3.05) is 144 Å². The van der Waals surface area contributed by atoms with Crippen LogP contribution in [0.4, 0.5) is 0 Å². The first kappa shape index (κ1) is 300. The number of rotatable bonds is 19. The Balaban J connectivity index is -0.00000000783. The maximum atomic E-state index is 10.4. The Morgan fingerprint density at radius 3 is 0.270 bits per heavy atom. The van der Waals surface area contributed by atoms with E-state index in [1.54, 1.807) is 0 Å². The van der Waals surface area contributed by atoms with Crippen molar-refractivity contribution in [2.45, 2.75) is 27.7 Å². The van der Waals surface area contributed by atoms with Gasteiger partial charge in [0.05, 0.1) is 23.9 Å². The summed E-state index contributed by atoms with van der Waals surface area (Å²) in [4.78, 5) is 79.0. The van der Waals surface area contributed by atoms with Crippen molar-refractivity contribution in [3.05, 3.63) is 0 Å². The van der Waals surface area contributed by atoms with Gasteiger partial charge in [0.25, 0.3) is 0 Å². The molecule has 0 aromatic heterocycles. The van der Waals surface area contributed by atoms with Gasteiger partial charge in [0, 0.05) is 168 Å². The third-order valence-electron chi connectivity index (χ3n) is 3.48. The second-order valence-corrected chi connectivity index (χ2v) is 10.5. The molecule has 100 heavy (non-hydrogen) atoms. The fourth-order valence-corrected chi connectivity index (χ4v) is 1.44. The fraction of sp³-hybridized carbons (Fsp3) is 0.765. The molecular weight excluding hydrogens is 1650 g/mol. The van der Waals surface area contributed by atoms with Gasteiger partial charge in [-0.25, -0.2) is 0 Å². The van der Waals surface area contributed by atoms with E-state index in [-0.39, 0.29) is 959 Å². The third-order valence-corrected chi connectivity index (χ3v) is 3.48. The van der Waals surface area contributed by atoms with E-state index >= 15 is 0 Å². The molecule has 0 fully saturated rings. The monoisotopic (exact) mass is 1760 g/mol. The van der Waals surface area contributed by atoms with Gasteiger partial charge >= 0.3 is 946 Å². The van der Waals surface area contributed by atoms with Gasteiger partial charge in [-0.05, 0) is 27.7 Å². The molecule has 0 unspecified atom stereocenters. The van der Waals surface area contributed by atoms with Crippen LogP contribution in [0.1, 0.15) is 27.7 Å². The number of carbonyl (C=O) groups excluding carboxylic acids is 8. The van der Waals surface area contributed by atoms with Gasteiger partial charge < -0.3 is 171 Å². The van der Waals surface area contributed by atoms with E-state index in [4.69, 9.17) is 131 Å². The summed E-state index contributed by atoms with van der Waals surface area (Å²) in [6.45, 7) is 10.2. The molecule has 0 heterocycles. The Labute approximate surface area is 1310 Å². The summed E-state index contributed by atoms with van der Waals surface area (Å²) in [6, 6.07) is 0. The van der Waals surface area contributed by atoms with Crippen LogP contribution in [-0.2, 0) is 38.4 Å². The van der Waals surface area contributed by atoms with Crippen LogP contribution >= 0.6 is 0 Å². The van der Waals surface area contributed by atoms with Crippen LogP contribution in [0.2, 0.25) is 0 Å². The van der Waals surface area contributed by atoms with E-state index in [9.17, 15) is 39.6 Å². The van der Waals surface area contributed by atoms with Crippen LogP contribution in [0.5, 0.6) is 0 Å². The van der Waals surface area contributed by atoms with E-state index in [1.807, 2.05) is 0 Å². The first-order valence-electron chi connectivity index (χ1n) is 19.6. The van der Waals surface area contributed by atoms with Gasteiger partial charge in [0.2, 0.25) is 0 Å². The Morgan fingerprint density at radius 1 is 0.190 bits per heavy atom. The second-order valence-electron chi connectivity index (χ2n) is 10.5. The molecule has 0 bridgehead atoms. The normalized spacial score (nSPS) is 5.54. The number of nitrogens with zero attached hydrogens (tertiary/aromatic N) is 2. The Morgan fingerprint density at radius 2 is 0.240 bits per heavy atom. The zero-order valence-corrected chi connectivity index (χ0v) is 64.2. The molecule has 0 amide bonds. The number of aliphatic carboxylic acids is 8. The summed E-state index contributed by atoms with van der Waals surface area (Å²) in [5.74, 6) is -10.5. The minimum absolute atomic E-state index is 0. The van der Waals surface area contributed by atoms with Crippen LogP contribution in [0.3, 0.4) is 0 Å². The number of nitrogens with two attached hydrogens (primary N) is 16. The zero-order valence-electron chi connectivity index (χ0n) is 48.2. The number of hydrogen-bond acceptors (Lipinski definition) is 34. The zero-order chi connectivity index (χ0) is 57.3. The summed E-state index contributed by atoms with van der Waals surface area (Å²) >= 11 is 0. The number of carbonyl (C=O) groups is 8. The van der Waals surface area contributed by atoms with E-state index < -0.39 is 73.9 Å². The van der Waals surface area contributed by atoms with Crippen molar-refractivity contribution in [1.82, 2.24) is 9.80 Å². The molecule has 0 atom stereocenters. The van der Waals surface area contributed by atoms with Gasteiger partial charge in [0.15, 0.2) is 0 Å². The van der Waals surface area contributed by atoms with Crippen molar-refractivity contribution < 1.29 is 316 Å². The minimum atomic E-state index is -1.53. The van der Waals surface area contributed by atoms with Crippen molar-refractivity contribution in [1.29, 1.82) is 0 Å². The molecule has 0 rings (SSSR count). The summed E-state index contributed by atoms with van der Waals surface area (Å²) < 4.78 is 0. The first-order chi connectivity index (χ1) is 31.4. The summed E-state index contributed by atoms with van der Waals surface area (Å²) in [7, 11) is 0. The number of hydrogen-bond donors (Lipinski definition) is 16. The molecule has 66 heteroatoms. The van der Waals surface area contributed by atoms with E-state index in [2.05, 4.69) is 0 Å². The Hall–Kier alpha value is 27.0. The van der Waals surface area contributed by atoms with Crippen LogP contribution in [0.15, 0.2) is 0 Å².